The minimum absolute atomic E-state index is 0.118. The molecule has 8 nitrogen and oxygen atoms in total. The number of likely N-dealkylation sites (tertiary alicyclic amines) is 1. The van der Waals surface area contributed by atoms with Crippen LogP contribution in [-0.4, -0.2) is 87.1 Å². The van der Waals surface area contributed by atoms with Crippen molar-refractivity contribution in [1.29, 1.82) is 0 Å². The van der Waals surface area contributed by atoms with Crippen LogP contribution < -0.4 is 0 Å². The van der Waals surface area contributed by atoms with Crippen molar-refractivity contribution in [3.63, 3.8) is 0 Å². The molecule has 6 atom stereocenters. The number of amides is 3. The number of aliphatic hydroxyl groups excluding tert-OH is 1. The zero-order chi connectivity index (χ0) is 26.9. The molecule has 1 N–H and O–H groups in total. The number of rotatable bonds is 11. The summed E-state index contributed by atoms with van der Waals surface area (Å²) in [5.74, 6) is -2.15. The summed E-state index contributed by atoms with van der Waals surface area (Å²) < 4.78 is 6.54. The summed E-state index contributed by atoms with van der Waals surface area (Å²) in [6.07, 6.45) is 4.03. The van der Waals surface area contributed by atoms with Crippen LogP contribution in [0.3, 0.4) is 0 Å². The number of hydrogen-bond donors (Lipinski definition) is 1. The van der Waals surface area contributed by atoms with E-state index in [0.717, 1.165) is 5.56 Å². The van der Waals surface area contributed by atoms with Gasteiger partial charge in [0, 0.05) is 25.7 Å². The van der Waals surface area contributed by atoms with E-state index in [4.69, 9.17) is 4.74 Å². The van der Waals surface area contributed by atoms with E-state index in [9.17, 15) is 19.5 Å². The van der Waals surface area contributed by atoms with E-state index in [2.05, 4.69) is 13.2 Å². The lowest BCUT2D eigenvalue weighted by Gasteiger charge is -2.39. The van der Waals surface area contributed by atoms with Gasteiger partial charge in [-0.15, -0.1) is 13.2 Å². The van der Waals surface area contributed by atoms with E-state index in [1.807, 2.05) is 44.2 Å². The molecule has 2 unspecified atom stereocenters. The maximum atomic E-state index is 14.1. The molecule has 1 aromatic rings. The van der Waals surface area contributed by atoms with Gasteiger partial charge < -0.3 is 24.5 Å². The first-order valence-electron chi connectivity index (χ1n) is 13.2. The summed E-state index contributed by atoms with van der Waals surface area (Å²) in [7, 11) is 0. The molecule has 3 saturated heterocycles. The standard InChI is InChI=1S/C29H39N3O5/c1-6-15-30(17-21-11-9-8-10-12-21)26(34)23-22-13-14-29(37-22)24(23)27(35)32(20(5)18-33)25(29)28(36)31(16-7-2)19(3)4/h6-12,19-20,22-25,33H,1-2,13-18H2,3-5H3/t20-,22-,23+,24+,25?,29?/m1/s1. The zero-order valence-electron chi connectivity index (χ0n) is 22.1. The van der Waals surface area contributed by atoms with Crippen LogP contribution in [0.4, 0.5) is 0 Å². The van der Waals surface area contributed by atoms with Gasteiger partial charge in [0.2, 0.25) is 17.7 Å². The Morgan fingerprint density at radius 3 is 2.43 bits per heavy atom. The third-order valence-electron chi connectivity index (χ3n) is 8.11. The molecule has 0 saturated carbocycles. The Bertz CT molecular complexity index is 1040. The van der Waals surface area contributed by atoms with Gasteiger partial charge in [-0.05, 0) is 39.2 Å². The SMILES string of the molecule is C=CCN(Cc1ccccc1)C(=O)[C@@H]1[C@H]2C(=O)N([C@H](C)CO)C(C(=O)N(CC=C)C(C)C)C23CC[C@H]1O3. The zero-order valence-corrected chi connectivity index (χ0v) is 22.1. The van der Waals surface area contributed by atoms with Crippen molar-refractivity contribution in [2.45, 2.75) is 70.0 Å². The van der Waals surface area contributed by atoms with Crippen LogP contribution in [0.5, 0.6) is 0 Å². The van der Waals surface area contributed by atoms with Gasteiger partial charge in [0.1, 0.15) is 11.6 Å². The predicted octanol–water partition coefficient (Wildman–Crippen LogP) is 2.38. The first kappa shape index (κ1) is 27.1. The fourth-order valence-electron chi connectivity index (χ4n) is 6.47. The van der Waals surface area contributed by atoms with Crippen molar-refractivity contribution < 1.29 is 24.2 Å². The molecular formula is C29H39N3O5. The maximum absolute atomic E-state index is 14.1. The molecule has 8 heteroatoms. The predicted molar refractivity (Wildman–Crippen MR) is 140 cm³/mol. The summed E-state index contributed by atoms with van der Waals surface area (Å²) in [4.78, 5) is 47.0. The molecule has 1 aromatic carbocycles. The summed E-state index contributed by atoms with van der Waals surface area (Å²) in [5.41, 5.74) is -0.112. The Morgan fingerprint density at radius 2 is 1.84 bits per heavy atom. The largest absolute Gasteiger partial charge is 0.394 e. The van der Waals surface area contributed by atoms with E-state index < -0.39 is 35.6 Å². The number of carbonyl (C=O) groups is 3. The van der Waals surface area contributed by atoms with Crippen molar-refractivity contribution in [2.75, 3.05) is 19.7 Å². The second-order valence-electron chi connectivity index (χ2n) is 10.7. The van der Waals surface area contributed by atoms with Gasteiger partial charge in [-0.2, -0.15) is 0 Å². The summed E-state index contributed by atoms with van der Waals surface area (Å²) >= 11 is 0. The lowest BCUT2D eigenvalue weighted by Crippen LogP contribution is -2.59. The van der Waals surface area contributed by atoms with Crippen LogP contribution in [-0.2, 0) is 25.7 Å². The topological polar surface area (TPSA) is 90.4 Å². The molecule has 0 radical (unpaired) electrons. The van der Waals surface area contributed by atoms with Gasteiger partial charge in [0.15, 0.2) is 0 Å². The van der Waals surface area contributed by atoms with Crippen LogP contribution in [0, 0.1) is 11.8 Å². The highest BCUT2D eigenvalue weighted by Gasteiger charge is 2.75. The summed E-state index contributed by atoms with van der Waals surface area (Å²) in [6.45, 7) is 14.0. The number of carbonyl (C=O) groups excluding carboxylic acids is 3. The first-order chi connectivity index (χ1) is 17.7. The van der Waals surface area contributed by atoms with E-state index in [-0.39, 0.29) is 30.4 Å². The molecule has 37 heavy (non-hydrogen) atoms. The Balaban J connectivity index is 1.72. The highest BCUT2D eigenvalue weighted by Crippen LogP contribution is 2.59. The number of benzene rings is 1. The molecule has 3 heterocycles. The van der Waals surface area contributed by atoms with Crippen molar-refractivity contribution in [3.05, 3.63) is 61.2 Å². The lowest BCUT2D eigenvalue weighted by molar-refractivity contribution is -0.152. The minimum atomic E-state index is -1.09. The van der Waals surface area contributed by atoms with Gasteiger partial charge in [-0.25, -0.2) is 0 Å². The number of hydrogen-bond acceptors (Lipinski definition) is 5. The molecule has 0 aliphatic carbocycles. The summed E-state index contributed by atoms with van der Waals surface area (Å²) in [5, 5.41) is 10.0. The van der Waals surface area contributed by atoms with Crippen molar-refractivity contribution >= 4 is 17.7 Å². The average molecular weight is 510 g/mol. The fraction of sp³-hybridized carbons (Fsp3) is 0.552. The quantitative estimate of drug-likeness (QED) is 0.463. The van der Waals surface area contributed by atoms with E-state index in [1.54, 1.807) is 28.9 Å². The van der Waals surface area contributed by atoms with Crippen molar-refractivity contribution in [3.8, 4) is 0 Å². The monoisotopic (exact) mass is 509 g/mol. The van der Waals surface area contributed by atoms with E-state index in [0.29, 0.717) is 32.5 Å². The molecule has 4 rings (SSSR count). The Kier molecular flexibility index (Phi) is 7.90. The lowest BCUT2D eigenvalue weighted by atomic mass is 9.70. The van der Waals surface area contributed by atoms with Crippen LogP contribution in [0.2, 0.25) is 0 Å². The third kappa shape index (κ3) is 4.50. The number of ether oxygens (including phenoxy) is 1. The molecule has 3 fully saturated rings. The molecule has 3 aliphatic heterocycles. The second-order valence-corrected chi connectivity index (χ2v) is 10.7. The molecular weight excluding hydrogens is 470 g/mol. The van der Waals surface area contributed by atoms with Crippen LogP contribution in [0.15, 0.2) is 55.6 Å². The minimum Gasteiger partial charge on any atom is -0.394 e. The average Bonchev–Trinajstić information content (AvgIpc) is 3.53. The van der Waals surface area contributed by atoms with Gasteiger partial charge in [-0.3, -0.25) is 14.4 Å². The second kappa shape index (κ2) is 10.8. The van der Waals surface area contributed by atoms with Crippen molar-refractivity contribution in [2.24, 2.45) is 11.8 Å². The molecule has 200 valence electrons. The number of fused-ring (bicyclic) bond motifs is 1. The van der Waals surface area contributed by atoms with E-state index in [1.165, 1.54) is 4.90 Å². The van der Waals surface area contributed by atoms with Crippen molar-refractivity contribution in [1.82, 2.24) is 14.7 Å². The van der Waals surface area contributed by atoms with Crippen LogP contribution in [0.25, 0.3) is 0 Å². The maximum Gasteiger partial charge on any atom is 0.248 e. The smallest absolute Gasteiger partial charge is 0.248 e. The number of nitrogens with zero attached hydrogens (tertiary/aromatic N) is 3. The van der Waals surface area contributed by atoms with Gasteiger partial charge >= 0.3 is 0 Å². The molecule has 2 bridgehead atoms. The van der Waals surface area contributed by atoms with Crippen LogP contribution in [0.1, 0.15) is 39.2 Å². The molecule has 3 amide bonds. The van der Waals surface area contributed by atoms with Gasteiger partial charge in [0.25, 0.3) is 0 Å². The fourth-order valence-corrected chi connectivity index (χ4v) is 6.47. The molecule has 3 aliphatic rings. The normalized spacial score (nSPS) is 28.8. The van der Waals surface area contributed by atoms with E-state index >= 15 is 0 Å². The Morgan fingerprint density at radius 1 is 1.16 bits per heavy atom. The Hall–Kier alpha value is -2.97. The highest BCUT2D eigenvalue weighted by molar-refractivity contribution is 5.99. The van der Waals surface area contributed by atoms with Gasteiger partial charge in [-0.1, -0.05) is 42.5 Å². The summed E-state index contributed by atoms with van der Waals surface area (Å²) in [6, 6.07) is 8.09. The Labute approximate surface area is 219 Å². The highest BCUT2D eigenvalue weighted by atomic mass is 16.5. The third-order valence-corrected chi connectivity index (χ3v) is 8.11. The van der Waals surface area contributed by atoms with Crippen LogP contribution >= 0.6 is 0 Å². The number of aliphatic hydroxyl groups is 1. The first-order valence-corrected chi connectivity index (χ1v) is 13.2. The van der Waals surface area contributed by atoms with Gasteiger partial charge in [0.05, 0.1) is 30.6 Å². The molecule has 0 aromatic heterocycles. The molecule has 1 spiro atoms.